The molecule has 0 aliphatic carbocycles. The van der Waals surface area contributed by atoms with Crippen molar-refractivity contribution in [1.82, 2.24) is 9.13 Å². The largest absolute Gasteiger partial charge is 0.459 e. The highest BCUT2D eigenvalue weighted by molar-refractivity contribution is 5.69. The molecule has 0 radical (unpaired) electrons. The number of carbonyl (C=O) groups is 1. The maximum absolute atomic E-state index is 12.4. The fraction of sp³-hybridized carbons (Fsp3) is 0.600. The molecule has 0 spiro atoms. The summed E-state index contributed by atoms with van der Waals surface area (Å²) < 4.78 is 12.2. The number of carbonyl (C=O) groups excluding carboxylic acids is 1. The molecule has 8 nitrogen and oxygen atoms in total. The molecule has 0 amide bonds. The van der Waals surface area contributed by atoms with Crippen LogP contribution in [0.5, 0.6) is 0 Å². The van der Waals surface area contributed by atoms with Gasteiger partial charge in [-0.2, -0.15) is 5.26 Å². The summed E-state index contributed by atoms with van der Waals surface area (Å²) in [6.07, 6.45) is 1.10. The van der Waals surface area contributed by atoms with Crippen LogP contribution in [-0.2, 0) is 27.4 Å². The highest BCUT2D eigenvalue weighted by Crippen LogP contribution is 2.11. The standard InChI is InChI=1S/C15H19N3O5/c1-15(2,3)23-12(19)7-17-6-11(4-16)13(20)18(14(17)21)5-10-8-22-9-10/h6,10H,5,7-9H2,1-3H3. The van der Waals surface area contributed by atoms with Crippen molar-refractivity contribution in [3.8, 4) is 6.07 Å². The molecular weight excluding hydrogens is 302 g/mol. The Bertz CT molecular complexity index is 759. The van der Waals surface area contributed by atoms with Crippen LogP contribution in [0.15, 0.2) is 15.8 Å². The first-order chi connectivity index (χ1) is 10.7. The lowest BCUT2D eigenvalue weighted by Crippen LogP contribution is -2.46. The first-order valence-electron chi connectivity index (χ1n) is 7.25. The SMILES string of the molecule is CC(C)(C)OC(=O)Cn1cc(C#N)c(=O)n(CC2COC2)c1=O. The predicted molar refractivity (Wildman–Crippen MR) is 79.8 cm³/mol. The number of esters is 1. The van der Waals surface area contributed by atoms with Crippen LogP contribution in [0.25, 0.3) is 0 Å². The molecule has 23 heavy (non-hydrogen) atoms. The Labute approximate surface area is 132 Å². The molecule has 1 aliphatic rings. The Morgan fingerprint density at radius 2 is 2.09 bits per heavy atom. The lowest BCUT2D eigenvalue weighted by Gasteiger charge is -2.26. The average Bonchev–Trinajstić information content (AvgIpc) is 2.37. The van der Waals surface area contributed by atoms with Gasteiger partial charge >= 0.3 is 11.7 Å². The van der Waals surface area contributed by atoms with Gasteiger partial charge in [0.05, 0.1) is 13.2 Å². The fourth-order valence-corrected chi connectivity index (χ4v) is 2.17. The van der Waals surface area contributed by atoms with Gasteiger partial charge in [-0.05, 0) is 20.8 Å². The fourth-order valence-electron chi connectivity index (χ4n) is 2.17. The van der Waals surface area contributed by atoms with Crippen LogP contribution in [0.3, 0.4) is 0 Å². The van der Waals surface area contributed by atoms with Gasteiger partial charge in [0, 0.05) is 18.7 Å². The van der Waals surface area contributed by atoms with Crippen molar-refractivity contribution in [2.75, 3.05) is 13.2 Å². The van der Waals surface area contributed by atoms with Crippen LogP contribution < -0.4 is 11.2 Å². The third-order valence-corrected chi connectivity index (χ3v) is 3.22. The molecule has 0 bridgehead atoms. The summed E-state index contributed by atoms with van der Waals surface area (Å²) in [4.78, 5) is 36.4. The molecule has 0 atom stereocenters. The van der Waals surface area contributed by atoms with Gasteiger partial charge in [-0.1, -0.05) is 0 Å². The van der Waals surface area contributed by atoms with Crippen LogP contribution >= 0.6 is 0 Å². The van der Waals surface area contributed by atoms with Crippen LogP contribution in [-0.4, -0.2) is 33.9 Å². The van der Waals surface area contributed by atoms with Gasteiger partial charge in [-0.25, -0.2) is 4.79 Å². The number of hydrogen-bond acceptors (Lipinski definition) is 6. The predicted octanol–water partition coefficient (Wildman–Crippen LogP) is -0.130. The topological polar surface area (TPSA) is 103 Å². The van der Waals surface area contributed by atoms with Gasteiger partial charge in [-0.15, -0.1) is 0 Å². The van der Waals surface area contributed by atoms with Gasteiger partial charge in [-0.3, -0.25) is 18.7 Å². The normalized spacial score (nSPS) is 14.9. The van der Waals surface area contributed by atoms with Crippen molar-refractivity contribution in [3.63, 3.8) is 0 Å². The Morgan fingerprint density at radius 3 is 2.57 bits per heavy atom. The summed E-state index contributed by atoms with van der Waals surface area (Å²) >= 11 is 0. The van der Waals surface area contributed by atoms with E-state index in [0.29, 0.717) is 13.2 Å². The number of nitriles is 1. The zero-order chi connectivity index (χ0) is 17.2. The van der Waals surface area contributed by atoms with Crippen LogP contribution in [0.1, 0.15) is 26.3 Å². The summed E-state index contributed by atoms with van der Waals surface area (Å²) in [5.41, 5.74) is -2.15. The maximum atomic E-state index is 12.4. The quantitative estimate of drug-likeness (QED) is 0.716. The first kappa shape index (κ1) is 17.0. The van der Waals surface area contributed by atoms with Crippen molar-refractivity contribution < 1.29 is 14.3 Å². The number of aromatic nitrogens is 2. The van der Waals surface area contributed by atoms with Gasteiger partial charge < -0.3 is 9.47 Å². The van der Waals surface area contributed by atoms with E-state index in [2.05, 4.69) is 0 Å². The van der Waals surface area contributed by atoms with Gasteiger partial charge in [0.1, 0.15) is 23.8 Å². The van der Waals surface area contributed by atoms with Gasteiger partial charge in [0.25, 0.3) is 5.56 Å². The highest BCUT2D eigenvalue weighted by atomic mass is 16.6. The second-order valence-corrected chi connectivity index (χ2v) is 6.47. The summed E-state index contributed by atoms with van der Waals surface area (Å²) in [6, 6.07) is 1.76. The average molecular weight is 321 g/mol. The van der Waals surface area contributed by atoms with E-state index >= 15 is 0 Å². The Balaban J connectivity index is 2.34. The molecule has 1 saturated heterocycles. The molecule has 2 heterocycles. The van der Waals surface area contributed by atoms with Crippen molar-refractivity contribution in [3.05, 3.63) is 32.6 Å². The molecule has 1 aliphatic heterocycles. The number of hydrogen-bond donors (Lipinski definition) is 0. The molecule has 2 rings (SSSR count). The Kier molecular flexibility index (Phi) is 4.71. The summed E-state index contributed by atoms with van der Waals surface area (Å²) in [6.45, 7) is 5.89. The van der Waals surface area contributed by atoms with E-state index in [1.807, 2.05) is 0 Å². The van der Waals surface area contributed by atoms with Crippen molar-refractivity contribution in [2.24, 2.45) is 5.92 Å². The maximum Gasteiger partial charge on any atom is 0.331 e. The minimum absolute atomic E-state index is 0.0596. The molecule has 8 heteroatoms. The van der Waals surface area contributed by atoms with E-state index in [1.165, 1.54) is 0 Å². The van der Waals surface area contributed by atoms with Gasteiger partial charge in [0.2, 0.25) is 0 Å². The summed E-state index contributed by atoms with van der Waals surface area (Å²) in [7, 11) is 0. The minimum Gasteiger partial charge on any atom is -0.459 e. The summed E-state index contributed by atoms with van der Waals surface area (Å²) in [5.74, 6) is -0.551. The molecule has 0 N–H and O–H groups in total. The molecule has 1 aromatic heterocycles. The van der Waals surface area contributed by atoms with Crippen molar-refractivity contribution >= 4 is 5.97 Å². The van der Waals surface area contributed by atoms with E-state index in [-0.39, 0.29) is 24.6 Å². The highest BCUT2D eigenvalue weighted by Gasteiger charge is 2.23. The lowest BCUT2D eigenvalue weighted by atomic mass is 10.1. The second-order valence-electron chi connectivity index (χ2n) is 6.47. The van der Waals surface area contributed by atoms with E-state index in [1.54, 1.807) is 26.8 Å². The zero-order valence-corrected chi connectivity index (χ0v) is 13.4. The summed E-state index contributed by atoms with van der Waals surface area (Å²) in [5, 5.41) is 9.06. The minimum atomic E-state index is -0.684. The number of rotatable bonds is 4. The number of ether oxygens (including phenoxy) is 2. The smallest absolute Gasteiger partial charge is 0.331 e. The van der Waals surface area contributed by atoms with Crippen molar-refractivity contribution in [1.29, 1.82) is 5.26 Å². The van der Waals surface area contributed by atoms with Crippen LogP contribution in [0, 0.1) is 17.2 Å². The van der Waals surface area contributed by atoms with E-state index in [9.17, 15) is 14.4 Å². The second kappa shape index (κ2) is 6.38. The van der Waals surface area contributed by atoms with E-state index in [4.69, 9.17) is 14.7 Å². The van der Waals surface area contributed by atoms with E-state index < -0.39 is 22.8 Å². The lowest BCUT2D eigenvalue weighted by molar-refractivity contribution is -0.155. The monoisotopic (exact) mass is 321 g/mol. The van der Waals surface area contributed by atoms with Crippen LogP contribution in [0.2, 0.25) is 0 Å². The van der Waals surface area contributed by atoms with Gasteiger partial charge in [0.15, 0.2) is 0 Å². The first-order valence-corrected chi connectivity index (χ1v) is 7.25. The molecule has 1 aromatic rings. The van der Waals surface area contributed by atoms with Crippen molar-refractivity contribution in [2.45, 2.75) is 39.5 Å². The van der Waals surface area contributed by atoms with Crippen LogP contribution in [0.4, 0.5) is 0 Å². The third kappa shape index (κ3) is 4.07. The molecule has 124 valence electrons. The Hall–Kier alpha value is -2.40. The molecule has 0 aromatic carbocycles. The molecule has 1 fully saturated rings. The van der Waals surface area contributed by atoms with E-state index in [0.717, 1.165) is 15.3 Å². The molecular formula is C15H19N3O5. The third-order valence-electron chi connectivity index (χ3n) is 3.22. The molecule has 0 unspecified atom stereocenters. The molecule has 0 saturated carbocycles. The zero-order valence-electron chi connectivity index (χ0n) is 13.4. The number of nitrogens with zero attached hydrogens (tertiary/aromatic N) is 3. The Morgan fingerprint density at radius 1 is 1.43 bits per heavy atom.